The van der Waals surface area contributed by atoms with Gasteiger partial charge in [-0.15, -0.1) is 11.3 Å². The van der Waals surface area contributed by atoms with Crippen LogP contribution in [0.4, 0.5) is 5.82 Å². The van der Waals surface area contributed by atoms with Crippen LogP contribution in [0.2, 0.25) is 0 Å². The Bertz CT molecular complexity index is 740. The van der Waals surface area contributed by atoms with Crippen LogP contribution in [-0.4, -0.2) is 39.9 Å². The quantitative estimate of drug-likeness (QED) is 0.935. The zero-order valence-electron chi connectivity index (χ0n) is 14.3. The van der Waals surface area contributed by atoms with E-state index in [1.807, 2.05) is 11.8 Å². The molecule has 1 amide bonds. The fourth-order valence-electron chi connectivity index (χ4n) is 3.21. The number of rotatable bonds is 3. The lowest BCUT2D eigenvalue weighted by Gasteiger charge is -2.33. The monoisotopic (exact) mass is 332 g/mol. The molecule has 1 aliphatic rings. The molecule has 0 aliphatic carbocycles. The number of hydrogen-bond donors (Lipinski definition) is 1. The number of carbonyl (C=O) groups is 1. The number of likely N-dealkylation sites (tertiary alicyclic amines) is 1. The molecular weight excluding hydrogens is 308 g/mol. The van der Waals surface area contributed by atoms with Crippen molar-refractivity contribution in [1.82, 2.24) is 14.9 Å². The molecule has 1 aliphatic heterocycles. The highest BCUT2D eigenvalue weighted by molar-refractivity contribution is 7.18. The largest absolute Gasteiger partial charge is 0.360 e. The summed E-state index contributed by atoms with van der Waals surface area (Å²) in [5.74, 6) is 1.68. The molecule has 1 N–H and O–H groups in total. The highest BCUT2D eigenvalue weighted by Crippen LogP contribution is 2.33. The van der Waals surface area contributed by atoms with Gasteiger partial charge in [0.2, 0.25) is 5.91 Å². The van der Waals surface area contributed by atoms with Gasteiger partial charge in [0, 0.05) is 17.5 Å². The van der Waals surface area contributed by atoms with Gasteiger partial charge in [0.15, 0.2) is 0 Å². The Morgan fingerprint density at radius 1 is 1.30 bits per heavy atom. The van der Waals surface area contributed by atoms with Crippen molar-refractivity contribution in [2.45, 2.75) is 53.0 Å². The lowest BCUT2D eigenvalue weighted by Crippen LogP contribution is -2.44. The predicted octanol–water partition coefficient (Wildman–Crippen LogP) is 3.43. The van der Waals surface area contributed by atoms with E-state index in [2.05, 4.69) is 36.1 Å². The topological polar surface area (TPSA) is 58.1 Å². The lowest BCUT2D eigenvalue weighted by atomic mass is 10.0. The first-order valence-electron chi connectivity index (χ1n) is 8.25. The Balaban J connectivity index is 1.80. The van der Waals surface area contributed by atoms with Gasteiger partial charge in [-0.05, 0) is 52.5 Å². The summed E-state index contributed by atoms with van der Waals surface area (Å²) in [5, 5.41) is 4.32. The second-order valence-corrected chi connectivity index (χ2v) is 7.57. The predicted molar refractivity (Wildman–Crippen MR) is 95.1 cm³/mol. The van der Waals surface area contributed by atoms with E-state index in [1.54, 1.807) is 11.3 Å². The van der Waals surface area contributed by atoms with Crippen molar-refractivity contribution in [3.63, 3.8) is 0 Å². The molecule has 0 radical (unpaired) electrons. The molecule has 6 heteroatoms. The smallest absolute Gasteiger partial charge is 0.242 e. The number of amides is 1. The Morgan fingerprint density at radius 3 is 2.83 bits per heavy atom. The van der Waals surface area contributed by atoms with Gasteiger partial charge in [0.1, 0.15) is 16.5 Å². The third-order valence-electron chi connectivity index (χ3n) is 4.67. The number of carbonyl (C=O) groups excluding carboxylic acids is 1. The second kappa shape index (κ2) is 6.43. The Hall–Kier alpha value is -1.69. The molecule has 0 bridgehead atoms. The highest BCUT2D eigenvalue weighted by Gasteiger charge is 2.23. The summed E-state index contributed by atoms with van der Waals surface area (Å²) in [7, 11) is 0. The van der Waals surface area contributed by atoms with Crippen molar-refractivity contribution in [1.29, 1.82) is 0 Å². The molecule has 1 saturated heterocycles. The Morgan fingerprint density at radius 2 is 2.09 bits per heavy atom. The molecule has 23 heavy (non-hydrogen) atoms. The van der Waals surface area contributed by atoms with Gasteiger partial charge < -0.3 is 10.2 Å². The number of aryl methyl sites for hydroxylation is 3. The minimum absolute atomic E-state index is 0.159. The van der Waals surface area contributed by atoms with Gasteiger partial charge >= 0.3 is 0 Å². The third-order valence-corrected chi connectivity index (χ3v) is 5.77. The van der Waals surface area contributed by atoms with Crippen LogP contribution >= 0.6 is 11.3 Å². The average Bonchev–Trinajstić information content (AvgIpc) is 2.79. The number of piperidine rings is 1. The van der Waals surface area contributed by atoms with Crippen molar-refractivity contribution in [2.75, 3.05) is 18.4 Å². The normalized spacial score (nSPS) is 18.4. The van der Waals surface area contributed by atoms with Gasteiger partial charge in [-0.1, -0.05) is 0 Å². The maximum Gasteiger partial charge on any atom is 0.242 e. The first kappa shape index (κ1) is 16.2. The number of fused-ring (bicyclic) bond motifs is 1. The number of hydrogen-bond acceptors (Lipinski definition) is 5. The van der Waals surface area contributed by atoms with Crippen LogP contribution in [0, 0.1) is 20.8 Å². The molecule has 3 heterocycles. The number of aromatic nitrogens is 2. The number of thiophene rings is 1. The fraction of sp³-hybridized carbons (Fsp3) is 0.588. The average molecular weight is 332 g/mol. The van der Waals surface area contributed by atoms with E-state index >= 15 is 0 Å². The molecule has 124 valence electrons. The van der Waals surface area contributed by atoms with Crippen LogP contribution in [0.15, 0.2) is 0 Å². The van der Waals surface area contributed by atoms with Crippen LogP contribution in [-0.2, 0) is 4.79 Å². The first-order valence-corrected chi connectivity index (χ1v) is 9.06. The van der Waals surface area contributed by atoms with E-state index in [9.17, 15) is 4.79 Å². The molecule has 0 spiro atoms. The minimum Gasteiger partial charge on any atom is -0.360 e. The van der Waals surface area contributed by atoms with Crippen molar-refractivity contribution >= 4 is 33.3 Å². The van der Waals surface area contributed by atoms with Crippen molar-refractivity contribution in [2.24, 2.45) is 0 Å². The SMILES string of the molecule is Cc1nc(NCC(=O)N2CCCCC2C)c2c(C)c(C)sc2n1. The number of nitrogens with zero attached hydrogens (tertiary/aromatic N) is 3. The summed E-state index contributed by atoms with van der Waals surface area (Å²) >= 11 is 1.68. The number of anilines is 1. The van der Waals surface area contributed by atoms with Crippen LogP contribution in [0.1, 0.15) is 42.5 Å². The molecule has 0 aromatic carbocycles. The molecule has 1 unspecified atom stereocenters. The maximum absolute atomic E-state index is 12.5. The summed E-state index contributed by atoms with van der Waals surface area (Å²) in [6.07, 6.45) is 3.43. The summed E-state index contributed by atoms with van der Waals surface area (Å²) in [6.45, 7) is 9.38. The van der Waals surface area contributed by atoms with Crippen molar-refractivity contribution in [3.05, 3.63) is 16.3 Å². The van der Waals surface area contributed by atoms with Crippen molar-refractivity contribution < 1.29 is 4.79 Å². The van der Waals surface area contributed by atoms with Gasteiger partial charge in [-0.2, -0.15) is 0 Å². The highest BCUT2D eigenvalue weighted by atomic mass is 32.1. The summed E-state index contributed by atoms with van der Waals surface area (Å²) in [4.78, 5) is 25.8. The second-order valence-electron chi connectivity index (χ2n) is 6.37. The van der Waals surface area contributed by atoms with E-state index < -0.39 is 0 Å². The summed E-state index contributed by atoms with van der Waals surface area (Å²) in [6, 6.07) is 0.343. The van der Waals surface area contributed by atoms with E-state index in [1.165, 1.54) is 16.9 Å². The maximum atomic E-state index is 12.5. The first-order chi connectivity index (χ1) is 11.0. The van der Waals surface area contributed by atoms with E-state index in [-0.39, 0.29) is 5.91 Å². The van der Waals surface area contributed by atoms with Crippen LogP contribution in [0.3, 0.4) is 0 Å². The Labute approximate surface area is 141 Å². The van der Waals surface area contributed by atoms with Crippen LogP contribution in [0.5, 0.6) is 0 Å². The van der Waals surface area contributed by atoms with Gasteiger partial charge in [0.05, 0.1) is 11.9 Å². The zero-order chi connectivity index (χ0) is 16.6. The van der Waals surface area contributed by atoms with E-state index in [0.717, 1.165) is 41.2 Å². The molecule has 2 aromatic heterocycles. The standard InChI is InChI=1S/C17H24N4OS/c1-10-7-5-6-8-21(10)14(22)9-18-16-15-11(2)12(3)23-17(15)20-13(4)19-16/h10H,5-9H2,1-4H3,(H,18,19,20). The summed E-state index contributed by atoms with van der Waals surface area (Å²) < 4.78 is 0. The summed E-state index contributed by atoms with van der Waals surface area (Å²) in [5.41, 5.74) is 1.20. The molecule has 5 nitrogen and oxygen atoms in total. The minimum atomic E-state index is 0.159. The van der Waals surface area contributed by atoms with Crippen LogP contribution in [0.25, 0.3) is 10.2 Å². The molecule has 2 aromatic rings. The molecule has 1 atom stereocenters. The van der Waals surface area contributed by atoms with E-state index in [4.69, 9.17) is 0 Å². The van der Waals surface area contributed by atoms with Gasteiger partial charge in [-0.25, -0.2) is 9.97 Å². The molecule has 1 fully saturated rings. The zero-order valence-corrected chi connectivity index (χ0v) is 15.1. The lowest BCUT2D eigenvalue weighted by molar-refractivity contribution is -0.132. The molecule has 3 rings (SSSR count). The third kappa shape index (κ3) is 3.17. The van der Waals surface area contributed by atoms with E-state index in [0.29, 0.717) is 12.6 Å². The fourth-order valence-corrected chi connectivity index (χ4v) is 4.29. The molecule has 0 saturated carbocycles. The number of nitrogens with one attached hydrogen (secondary N) is 1. The van der Waals surface area contributed by atoms with Crippen molar-refractivity contribution in [3.8, 4) is 0 Å². The Kier molecular flexibility index (Phi) is 4.53. The van der Waals surface area contributed by atoms with Gasteiger partial charge in [0.25, 0.3) is 0 Å². The molecular formula is C17H24N4OS. The van der Waals surface area contributed by atoms with Crippen LogP contribution < -0.4 is 5.32 Å². The van der Waals surface area contributed by atoms with Gasteiger partial charge in [-0.3, -0.25) is 4.79 Å².